The van der Waals surface area contributed by atoms with Crippen LogP contribution in [0.5, 0.6) is 0 Å². The Hall–Kier alpha value is -0.300. The predicted octanol–water partition coefficient (Wildman–Crippen LogP) is 3.92. The molecule has 16 heavy (non-hydrogen) atoms. The highest BCUT2D eigenvalue weighted by Crippen LogP contribution is 2.53. The molecular weight excluding hydrogens is 196 g/mol. The standard InChI is InChI=1S/C15H26O/c1-11(2)12-6-9-14(3)7-5-8-15(4,16)13(14)10-12/h10-11,13,16H,5-9H2,1-4H3/t13?,14?,15-/m1/s1. The van der Waals surface area contributed by atoms with Crippen LogP contribution in [0.4, 0.5) is 0 Å². The van der Waals surface area contributed by atoms with Crippen molar-refractivity contribution in [2.45, 2.75) is 65.4 Å². The minimum atomic E-state index is -0.479. The molecule has 2 aliphatic carbocycles. The molecule has 92 valence electrons. The maximum Gasteiger partial charge on any atom is 0.0687 e. The Kier molecular flexibility index (Phi) is 2.94. The molecule has 0 aromatic carbocycles. The van der Waals surface area contributed by atoms with E-state index in [1.54, 1.807) is 5.57 Å². The first-order valence-corrected chi connectivity index (χ1v) is 6.78. The molecule has 0 aliphatic heterocycles. The lowest BCUT2D eigenvalue weighted by Gasteiger charge is -2.51. The van der Waals surface area contributed by atoms with E-state index in [0.29, 0.717) is 17.3 Å². The first-order chi connectivity index (χ1) is 7.35. The fourth-order valence-electron chi connectivity index (χ4n) is 3.78. The van der Waals surface area contributed by atoms with Gasteiger partial charge in [0.05, 0.1) is 5.60 Å². The summed E-state index contributed by atoms with van der Waals surface area (Å²) in [5.41, 5.74) is 1.43. The van der Waals surface area contributed by atoms with Crippen LogP contribution in [0.1, 0.15) is 59.8 Å². The number of aliphatic hydroxyl groups is 1. The Morgan fingerprint density at radius 3 is 2.56 bits per heavy atom. The Morgan fingerprint density at radius 1 is 1.25 bits per heavy atom. The van der Waals surface area contributed by atoms with Gasteiger partial charge in [0.25, 0.3) is 0 Å². The Labute approximate surface area is 99.9 Å². The summed E-state index contributed by atoms with van der Waals surface area (Å²) in [5, 5.41) is 10.6. The molecule has 1 nitrogen and oxygen atoms in total. The molecule has 1 fully saturated rings. The molecule has 0 aromatic rings. The van der Waals surface area contributed by atoms with Crippen LogP contribution in [0.25, 0.3) is 0 Å². The summed E-state index contributed by atoms with van der Waals surface area (Å²) in [5.74, 6) is 1.02. The van der Waals surface area contributed by atoms with Gasteiger partial charge in [-0.2, -0.15) is 0 Å². The van der Waals surface area contributed by atoms with Gasteiger partial charge in [-0.15, -0.1) is 0 Å². The molecule has 1 N–H and O–H groups in total. The molecule has 0 heterocycles. The van der Waals surface area contributed by atoms with Crippen molar-refractivity contribution in [2.24, 2.45) is 17.3 Å². The Balaban J connectivity index is 2.33. The van der Waals surface area contributed by atoms with E-state index >= 15 is 0 Å². The Bertz CT molecular complexity index is 301. The summed E-state index contributed by atoms with van der Waals surface area (Å²) in [4.78, 5) is 0. The van der Waals surface area contributed by atoms with E-state index < -0.39 is 5.60 Å². The largest absolute Gasteiger partial charge is 0.390 e. The van der Waals surface area contributed by atoms with E-state index in [1.807, 2.05) is 6.92 Å². The molecular formula is C15H26O. The van der Waals surface area contributed by atoms with Crippen LogP contribution < -0.4 is 0 Å². The van der Waals surface area contributed by atoms with Crippen molar-refractivity contribution in [3.63, 3.8) is 0 Å². The van der Waals surface area contributed by atoms with Crippen molar-refractivity contribution in [2.75, 3.05) is 0 Å². The highest BCUT2D eigenvalue weighted by atomic mass is 16.3. The summed E-state index contributed by atoms with van der Waals surface area (Å²) < 4.78 is 0. The predicted molar refractivity (Wildman–Crippen MR) is 68.2 cm³/mol. The molecule has 1 heteroatoms. The van der Waals surface area contributed by atoms with E-state index in [2.05, 4.69) is 26.8 Å². The van der Waals surface area contributed by atoms with Crippen molar-refractivity contribution >= 4 is 0 Å². The fourth-order valence-corrected chi connectivity index (χ4v) is 3.78. The lowest BCUT2D eigenvalue weighted by Crippen LogP contribution is -2.48. The highest BCUT2D eigenvalue weighted by Gasteiger charge is 2.48. The van der Waals surface area contributed by atoms with Gasteiger partial charge in [-0.25, -0.2) is 0 Å². The van der Waals surface area contributed by atoms with Gasteiger partial charge < -0.3 is 5.11 Å². The van der Waals surface area contributed by atoms with Gasteiger partial charge in [-0.05, 0) is 43.9 Å². The molecule has 0 aromatic heterocycles. The molecule has 3 atom stereocenters. The normalized spacial score (nSPS) is 44.1. The van der Waals surface area contributed by atoms with Crippen LogP contribution >= 0.6 is 0 Å². The van der Waals surface area contributed by atoms with Gasteiger partial charge >= 0.3 is 0 Å². The van der Waals surface area contributed by atoms with Gasteiger partial charge in [0, 0.05) is 5.92 Å². The molecule has 0 spiro atoms. The first kappa shape index (κ1) is 12.2. The second-order valence-corrected chi connectivity index (χ2v) is 6.74. The van der Waals surface area contributed by atoms with Gasteiger partial charge in [0.1, 0.15) is 0 Å². The SMILES string of the molecule is CC(C)C1=CC2C(C)(CCC[C@@]2(C)O)CC1. The summed E-state index contributed by atoms with van der Waals surface area (Å²) in [6, 6.07) is 0. The van der Waals surface area contributed by atoms with Gasteiger partial charge in [0.2, 0.25) is 0 Å². The number of hydrogen-bond acceptors (Lipinski definition) is 1. The number of rotatable bonds is 1. The van der Waals surface area contributed by atoms with Crippen LogP contribution in [-0.2, 0) is 0 Å². The molecule has 1 saturated carbocycles. The minimum absolute atomic E-state index is 0.347. The molecule has 0 radical (unpaired) electrons. The monoisotopic (exact) mass is 222 g/mol. The zero-order chi connectivity index (χ0) is 12.0. The van der Waals surface area contributed by atoms with E-state index in [-0.39, 0.29) is 0 Å². The summed E-state index contributed by atoms with van der Waals surface area (Å²) >= 11 is 0. The van der Waals surface area contributed by atoms with Crippen molar-refractivity contribution in [3.05, 3.63) is 11.6 Å². The lowest BCUT2D eigenvalue weighted by atomic mass is 9.56. The molecule has 2 rings (SSSR count). The number of allylic oxidation sites excluding steroid dienone is 1. The van der Waals surface area contributed by atoms with Crippen LogP contribution in [0.2, 0.25) is 0 Å². The third-order valence-electron chi connectivity index (χ3n) is 4.96. The van der Waals surface area contributed by atoms with E-state index in [0.717, 1.165) is 6.42 Å². The summed E-state index contributed by atoms with van der Waals surface area (Å²) in [6.45, 7) is 8.95. The minimum Gasteiger partial charge on any atom is -0.390 e. The van der Waals surface area contributed by atoms with E-state index in [4.69, 9.17) is 0 Å². The van der Waals surface area contributed by atoms with Gasteiger partial charge in [-0.3, -0.25) is 0 Å². The topological polar surface area (TPSA) is 20.2 Å². The fraction of sp³-hybridized carbons (Fsp3) is 0.867. The zero-order valence-electron chi connectivity index (χ0n) is 11.2. The quantitative estimate of drug-likeness (QED) is 0.667. The third kappa shape index (κ3) is 1.95. The average Bonchev–Trinajstić information content (AvgIpc) is 2.15. The molecule has 0 saturated heterocycles. The van der Waals surface area contributed by atoms with Crippen molar-refractivity contribution < 1.29 is 5.11 Å². The first-order valence-electron chi connectivity index (χ1n) is 6.78. The maximum absolute atomic E-state index is 10.6. The number of fused-ring (bicyclic) bond motifs is 1. The highest BCUT2D eigenvalue weighted by molar-refractivity contribution is 5.19. The molecule has 2 aliphatic rings. The maximum atomic E-state index is 10.6. The van der Waals surface area contributed by atoms with E-state index in [9.17, 15) is 5.11 Å². The van der Waals surface area contributed by atoms with Crippen molar-refractivity contribution in [1.29, 1.82) is 0 Å². The lowest BCUT2D eigenvalue weighted by molar-refractivity contribution is -0.0797. The number of hydrogen-bond donors (Lipinski definition) is 1. The van der Waals surface area contributed by atoms with Gasteiger partial charge in [0.15, 0.2) is 0 Å². The molecule has 2 unspecified atom stereocenters. The average molecular weight is 222 g/mol. The molecule has 0 amide bonds. The second kappa shape index (κ2) is 3.87. The van der Waals surface area contributed by atoms with Crippen molar-refractivity contribution in [3.8, 4) is 0 Å². The van der Waals surface area contributed by atoms with Crippen LogP contribution in [0.3, 0.4) is 0 Å². The van der Waals surface area contributed by atoms with Crippen molar-refractivity contribution in [1.82, 2.24) is 0 Å². The second-order valence-electron chi connectivity index (χ2n) is 6.74. The van der Waals surface area contributed by atoms with Crippen LogP contribution in [0.15, 0.2) is 11.6 Å². The van der Waals surface area contributed by atoms with E-state index in [1.165, 1.54) is 25.7 Å². The third-order valence-corrected chi connectivity index (χ3v) is 4.96. The summed E-state index contributed by atoms with van der Waals surface area (Å²) in [6.07, 6.45) is 8.35. The summed E-state index contributed by atoms with van der Waals surface area (Å²) in [7, 11) is 0. The van der Waals surface area contributed by atoms with Gasteiger partial charge in [-0.1, -0.05) is 38.8 Å². The smallest absolute Gasteiger partial charge is 0.0687 e. The van der Waals surface area contributed by atoms with Crippen LogP contribution in [-0.4, -0.2) is 10.7 Å². The molecule has 0 bridgehead atoms. The Morgan fingerprint density at radius 2 is 1.94 bits per heavy atom. The van der Waals surface area contributed by atoms with Crippen LogP contribution in [0, 0.1) is 17.3 Å². The zero-order valence-corrected chi connectivity index (χ0v) is 11.2.